The normalized spacial score (nSPS) is 19.0. The van der Waals surface area contributed by atoms with Gasteiger partial charge in [-0.1, -0.05) is 13.2 Å². The Balaban J connectivity index is 1.62. The number of halogens is 3. The van der Waals surface area contributed by atoms with E-state index in [9.17, 15) is 13.2 Å². The van der Waals surface area contributed by atoms with Crippen molar-refractivity contribution in [2.45, 2.75) is 58.0 Å². The Kier molecular flexibility index (Phi) is 8.04. The van der Waals surface area contributed by atoms with E-state index in [1.54, 1.807) is 12.4 Å². The van der Waals surface area contributed by atoms with E-state index in [2.05, 4.69) is 53.0 Å². The second-order valence-corrected chi connectivity index (χ2v) is 8.94. The minimum absolute atomic E-state index is 0.0848. The molecule has 7 nitrogen and oxygen atoms in total. The lowest BCUT2D eigenvalue weighted by Crippen LogP contribution is -2.57. The average Bonchev–Trinajstić information content (AvgIpc) is 3.29. The van der Waals surface area contributed by atoms with Crippen LogP contribution in [0.5, 0.6) is 0 Å². The second-order valence-electron chi connectivity index (χ2n) is 8.94. The summed E-state index contributed by atoms with van der Waals surface area (Å²) in [5.41, 5.74) is 3.21. The average molecular weight is 478 g/mol. The minimum Gasteiger partial charge on any atom is -0.376 e. The molecule has 1 aliphatic rings. The van der Waals surface area contributed by atoms with Gasteiger partial charge in [0.05, 0.1) is 17.4 Å². The molecule has 1 fully saturated rings. The van der Waals surface area contributed by atoms with Gasteiger partial charge in [-0.2, -0.15) is 18.3 Å². The van der Waals surface area contributed by atoms with Crippen molar-refractivity contribution in [2.75, 3.05) is 25.0 Å². The lowest BCUT2D eigenvalue weighted by atomic mass is 10.1. The lowest BCUT2D eigenvalue weighted by Gasteiger charge is -2.38. The number of piperazine rings is 1. The molecule has 10 heteroatoms. The van der Waals surface area contributed by atoms with E-state index in [4.69, 9.17) is 0 Å². The monoisotopic (exact) mass is 477 g/mol. The van der Waals surface area contributed by atoms with Crippen molar-refractivity contribution in [3.8, 4) is 0 Å². The number of pyridine rings is 1. The van der Waals surface area contributed by atoms with Crippen molar-refractivity contribution >= 4 is 11.5 Å². The predicted molar refractivity (Wildman–Crippen MR) is 129 cm³/mol. The first-order valence-corrected chi connectivity index (χ1v) is 11.4. The SMILES string of the molecule is C=C(NC(C)C(=C)Nc1cc(C(C)N2CCNC(C(F)(F)F)C2)ccn1)c1ccnn1C(C)C. The quantitative estimate of drug-likeness (QED) is 0.500. The number of aromatic nitrogens is 3. The van der Waals surface area contributed by atoms with Crippen LogP contribution in [0.2, 0.25) is 0 Å². The van der Waals surface area contributed by atoms with Crippen LogP contribution in [-0.2, 0) is 0 Å². The van der Waals surface area contributed by atoms with E-state index in [0.29, 0.717) is 24.6 Å². The molecule has 1 aliphatic heterocycles. The Morgan fingerprint density at radius 1 is 1.18 bits per heavy atom. The molecule has 2 aromatic heterocycles. The zero-order chi connectivity index (χ0) is 25.0. The molecular formula is C24H34F3N7. The molecule has 34 heavy (non-hydrogen) atoms. The summed E-state index contributed by atoms with van der Waals surface area (Å²) in [6.45, 7) is 17.0. The number of anilines is 1. The Labute approximate surface area is 199 Å². The van der Waals surface area contributed by atoms with Crippen LogP contribution in [0.25, 0.3) is 5.70 Å². The maximum absolute atomic E-state index is 13.2. The topological polar surface area (TPSA) is 70.0 Å². The maximum Gasteiger partial charge on any atom is 0.405 e. The number of rotatable bonds is 9. The molecule has 0 aliphatic carbocycles. The first kappa shape index (κ1) is 25.8. The Hall–Kier alpha value is -2.85. The van der Waals surface area contributed by atoms with E-state index < -0.39 is 12.2 Å². The van der Waals surface area contributed by atoms with Crippen LogP contribution in [-0.4, -0.2) is 57.6 Å². The van der Waals surface area contributed by atoms with Gasteiger partial charge < -0.3 is 16.0 Å². The third-order valence-electron chi connectivity index (χ3n) is 6.09. The van der Waals surface area contributed by atoms with Gasteiger partial charge in [0, 0.05) is 49.8 Å². The molecule has 3 N–H and O–H groups in total. The van der Waals surface area contributed by atoms with E-state index >= 15 is 0 Å². The van der Waals surface area contributed by atoms with Crippen LogP contribution in [0, 0.1) is 0 Å². The summed E-state index contributed by atoms with van der Waals surface area (Å²) < 4.78 is 41.4. The smallest absolute Gasteiger partial charge is 0.376 e. The van der Waals surface area contributed by atoms with Gasteiger partial charge in [-0.25, -0.2) is 4.98 Å². The summed E-state index contributed by atoms with van der Waals surface area (Å²) in [7, 11) is 0. The highest BCUT2D eigenvalue weighted by molar-refractivity contribution is 5.59. The molecule has 0 saturated carbocycles. The van der Waals surface area contributed by atoms with Crippen molar-refractivity contribution in [2.24, 2.45) is 0 Å². The van der Waals surface area contributed by atoms with Crippen LogP contribution in [0.1, 0.15) is 51.0 Å². The molecule has 2 aromatic rings. The molecule has 186 valence electrons. The molecule has 0 aromatic carbocycles. The highest BCUT2D eigenvalue weighted by atomic mass is 19.4. The number of nitrogens with one attached hydrogen (secondary N) is 3. The first-order chi connectivity index (χ1) is 16.0. The highest BCUT2D eigenvalue weighted by Crippen LogP contribution is 2.28. The van der Waals surface area contributed by atoms with Gasteiger partial charge in [0.25, 0.3) is 0 Å². The van der Waals surface area contributed by atoms with E-state index in [1.807, 2.05) is 41.6 Å². The molecular weight excluding hydrogens is 443 g/mol. The zero-order valence-corrected chi connectivity index (χ0v) is 20.2. The molecule has 1 saturated heterocycles. The van der Waals surface area contributed by atoms with Crippen LogP contribution < -0.4 is 16.0 Å². The van der Waals surface area contributed by atoms with Crippen molar-refractivity contribution in [3.63, 3.8) is 0 Å². The highest BCUT2D eigenvalue weighted by Gasteiger charge is 2.42. The molecule has 3 atom stereocenters. The predicted octanol–water partition coefficient (Wildman–Crippen LogP) is 4.33. The minimum atomic E-state index is -4.26. The number of nitrogens with zero attached hydrogens (tertiary/aromatic N) is 4. The summed E-state index contributed by atoms with van der Waals surface area (Å²) in [6, 6.07) is 3.94. The summed E-state index contributed by atoms with van der Waals surface area (Å²) in [5.74, 6) is 0.586. The Bertz CT molecular complexity index is 998. The van der Waals surface area contributed by atoms with Gasteiger partial charge >= 0.3 is 6.18 Å². The van der Waals surface area contributed by atoms with Crippen LogP contribution in [0.15, 0.2) is 49.4 Å². The van der Waals surface area contributed by atoms with Gasteiger partial charge in [0.15, 0.2) is 0 Å². The zero-order valence-electron chi connectivity index (χ0n) is 20.2. The van der Waals surface area contributed by atoms with Crippen LogP contribution in [0.4, 0.5) is 19.0 Å². The van der Waals surface area contributed by atoms with Gasteiger partial charge in [0.1, 0.15) is 11.9 Å². The second kappa shape index (κ2) is 10.6. The largest absolute Gasteiger partial charge is 0.405 e. The fourth-order valence-corrected chi connectivity index (χ4v) is 3.99. The summed E-state index contributed by atoms with van der Waals surface area (Å²) in [4.78, 5) is 6.20. The van der Waals surface area contributed by atoms with Crippen molar-refractivity contribution < 1.29 is 13.2 Å². The Morgan fingerprint density at radius 3 is 2.59 bits per heavy atom. The molecule has 0 spiro atoms. The molecule has 0 amide bonds. The van der Waals surface area contributed by atoms with E-state index in [0.717, 1.165) is 17.0 Å². The van der Waals surface area contributed by atoms with Crippen molar-refractivity contribution in [1.29, 1.82) is 0 Å². The lowest BCUT2D eigenvalue weighted by molar-refractivity contribution is -0.166. The molecule has 3 heterocycles. The molecule has 0 bridgehead atoms. The van der Waals surface area contributed by atoms with Gasteiger partial charge in [-0.15, -0.1) is 0 Å². The van der Waals surface area contributed by atoms with Crippen molar-refractivity contribution in [1.82, 2.24) is 30.3 Å². The number of hydrogen-bond donors (Lipinski definition) is 3. The summed E-state index contributed by atoms with van der Waals surface area (Å²) >= 11 is 0. The number of alkyl halides is 3. The third-order valence-corrected chi connectivity index (χ3v) is 6.09. The third kappa shape index (κ3) is 6.18. The Morgan fingerprint density at radius 2 is 1.91 bits per heavy atom. The summed E-state index contributed by atoms with van der Waals surface area (Å²) in [5, 5.41) is 13.5. The van der Waals surface area contributed by atoms with Gasteiger partial charge in [0.2, 0.25) is 0 Å². The number of hydrogen-bond acceptors (Lipinski definition) is 6. The fourth-order valence-electron chi connectivity index (χ4n) is 3.99. The van der Waals surface area contributed by atoms with Crippen molar-refractivity contribution in [3.05, 3.63) is 60.7 Å². The summed E-state index contributed by atoms with van der Waals surface area (Å²) in [6.07, 6.45) is -0.865. The van der Waals surface area contributed by atoms with E-state index in [1.165, 1.54) is 0 Å². The maximum atomic E-state index is 13.2. The standard InChI is InChI=1S/C24H34F3N7/c1-15(2)34-21(8-10-30-34)18(5)31-16(3)17(4)32-23-13-20(7-9-29-23)19(6)33-12-11-28-22(14-33)24(25,26)27/h7-10,13,15-16,19,22,28,31H,4-5,11-12,14H2,1-3,6H3,(H,29,32). The molecule has 3 unspecified atom stereocenters. The van der Waals surface area contributed by atoms with E-state index in [-0.39, 0.29) is 24.7 Å². The van der Waals surface area contributed by atoms with Gasteiger partial charge in [-0.05, 0) is 51.5 Å². The fraction of sp³-hybridized carbons (Fsp3) is 0.500. The van der Waals surface area contributed by atoms with Crippen LogP contribution in [0.3, 0.4) is 0 Å². The van der Waals surface area contributed by atoms with Gasteiger partial charge in [-0.3, -0.25) is 9.58 Å². The first-order valence-electron chi connectivity index (χ1n) is 11.4. The van der Waals surface area contributed by atoms with Crippen LogP contribution >= 0.6 is 0 Å². The molecule has 3 rings (SSSR count). The molecule has 0 radical (unpaired) electrons.